The molecule has 1 heterocycles. The van der Waals surface area contributed by atoms with Gasteiger partial charge >= 0.3 is 0 Å². The lowest BCUT2D eigenvalue weighted by atomic mass is 9.87. The monoisotopic (exact) mass is 400 g/mol. The van der Waals surface area contributed by atoms with E-state index in [-0.39, 0.29) is 11.2 Å². The maximum Gasteiger partial charge on any atom is 0.165 e. The topological polar surface area (TPSA) is 18.5 Å². The van der Waals surface area contributed by atoms with Crippen LogP contribution in [0.5, 0.6) is 0 Å². The van der Waals surface area contributed by atoms with E-state index in [0.717, 1.165) is 31.5 Å². The molecule has 1 rings (SSSR count). The molecule has 2 heteroatoms. The van der Waals surface area contributed by atoms with Crippen molar-refractivity contribution in [3.8, 4) is 0 Å². The van der Waals surface area contributed by atoms with Gasteiger partial charge in [-0.3, -0.25) is 0 Å². The smallest absolute Gasteiger partial charge is 0.165 e. The molecule has 0 radical (unpaired) electrons. The lowest BCUT2D eigenvalue weighted by Crippen LogP contribution is -2.45. The van der Waals surface area contributed by atoms with E-state index >= 15 is 0 Å². The Balaban J connectivity index is 0. The Bertz CT molecular complexity index is 342. The van der Waals surface area contributed by atoms with Crippen LogP contribution in [0.1, 0.15) is 128 Å². The molecule has 172 valence electrons. The summed E-state index contributed by atoms with van der Waals surface area (Å²) in [6, 6.07) is 0. The van der Waals surface area contributed by atoms with E-state index in [1.54, 1.807) is 0 Å². The molecule has 1 saturated heterocycles. The zero-order valence-corrected chi connectivity index (χ0v) is 21.8. The molecule has 1 fully saturated rings. The molecule has 1 aliphatic heterocycles. The van der Waals surface area contributed by atoms with Crippen LogP contribution in [0.25, 0.3) is 0 Å². The van der Waals surface area contributed by atoms with Crippen LogP contribution in [0, 0.1) is 22.7 Å². The van der Waals surface area contributed by atoms with Gasteiger partial charge < -0.3 is 9.47 Å². The summed E-state index contributed by atoms with van der Waals surface area (Å²) in [5.74, 6) is 1.49. The fraction of sp³-hybridized carbons (Fsp3) is 1.00. The first-order valence-corrected chi connectivity index (χ1v) is 12.1. The molecule has 28 heavy (non-hydrogen) atoms. The van der Waals surface area contributed by atoms with Gasteiger partial charge in [-0.05, 0) is 37.0 Å². The van der Waals surface area contributed by atoms with Crippen molar-refractivity contribution < 1.29 is 9.47 Å². The van der Waals surface area contributed by atoms with Gasteiger partial charge in [0.2, 0.25) is 0 Å². The second-order valence-corrected chi connectivity index (χ2v) is 11.1. The highest BCUT2D eigenvalue weighted by atomic mass is 16.7. The van der Waals surface area contributed by atoms with Crippen LogP contribution < -0.4 is 0 Å². The van der Waals surface area contributed by atoms with Gasteiger partial charge in [0, 0.05) is 5.41 Å². The van der Waals surface area contributed by atoms with Crippen molar-refractivity contribution in [1.82, 2.24) is 0 Å². The van der Waals surface area contributed by atoms with Gasteiger partial charge in [0.25, 0.3) is 0 Å². The molecule has 0 aromatic heterocycles. The average Bonchev–Trinajstić information content (AvgIpc) is 2.59. The summed E-state index contributed by atoms with van der Waals surface area (Å²) in [7, 11) is 0. The first-order valence-electron chi connectivity index (χ1n) is 12.1. The number of hydrogen-bond donors (Lipinski definition) is 0. The molecule has 0 bridgehead atoms. The maximum atomic E-state index is 5.61. The molecule has 0 saturated carbocycles. The Morgan fingerprint density at radius 1 is 0.821 bits per heavy atom. The SMILES string of the molecule is CC.CC(C)CCCC(C)CCCC(C)(C)C.CCC1(C)OCC(C)(C)CO1. The summed E-state index contributed by atoms with van der Waals surface area (Å²) in [6.07, 6.45) is 9.40. The third-order valence-electron chi connectivity index (χ3n) is 5.28. The van der Waals surface area contributed by atoms with E-state index in [2.05, 4.69) is 62.3 Å². The number of rotatable bonds is 8. The average molecular weight is 401 g/mol. The molecule has 0 amide bonds. The lowest BCUT2D eigenvalue weighted by molar-refractivity contribution is -0.290. The van der Waals surface area contributed by atoms with Crippen molar-refractivity contribution in [3.05, 3.63) is 0 Å². The normalized spacial score (nSPS) is 19.2. The quantitative estimate of drug-likeness (QED) is 0.405. The van der Waals surface area contributed by atoms with Gasteiger partial charge in [0.15, 0.2) is 5.79 Å². The van der Waals surface area contributed by atoms with E-state index in [1.807, 2.05) is 20.8 Å². The highest BCUT2D eigenvalue weighted by Gasteiger charge is 2.35. The van der Waals surface area contributed by atoms with Crippen LogP contribution in [0.2, 0.25) is 0 Å². The van der Waals surface area contributed by atoms with Gasteiger partial charge in [-0.25, -0.2) is 0 Å². The minimum Gasteiger partial charge on any atom is -0.350 e. The molecule has 0 aromatic rings. The molecule has 0 N–H and O–H groups in total. The molecule has 0 aromatic carbocycles. The third-order valence-corrected chi connectivity index (χ3v) is 5.28. The zero-order chi connectivity index (χ0) is 22.4. The van der Waals surface area contributed by atoms with Crippen LogP contribution in [0.3, 0.4) is 0 Å². The minimum absolute atomic E-state index is 0.189. The summed E-state index contributed by atoms with van der Waals surface area (Å²) >= 11 is 0. The molecular formula is C26H56O2. The van der Waals surface area contributed by atoms with Crippen LogP contribution in [0.4, 0.5) is 0 Å². The summed E-state index contributed by atoms with van der Waals surface area (Å²) in [5.41, 5.74) is 0.715. The number of ether oxygens (including phenoxy) is 2. The third kappa shape index (κ3) is 18.0. The Morgan fingerprint density at radius 2 is 1.29 bits per heavy atom. The van der Waals surface area contributed by atoms with Crippen molar-refractivity contribution in [2.75, 3.05) is 13.2 Å². The predicted octanol–water partition coefficient (Wildman–Crippen LogP) is 8.88. The number of hydrogen-bond acceptors (Lipinski definition) is 2. The molecule has 1 aliphatic rings. The molecule has 1 unspecified atom stereocenters. The standard InChI is InChI=1S/C15H32.C9H18O2.C2H6/c1-13(2)9-7-10-14(3)11-8-12-15(4,5)6;1-5-9(4)10-6-8(2,3)7-11-9;1-2/h13-14H,7-12H2,1-6H3;5-7H2,1-4H3;1-2H3. The van der Waals surface area contributed by atoms with E-state index in [0.29, 0.717) is 5.41 Å². The van der Waals surface area contributed by atoms with Crippen molar-refractivity contribution in [3.63, 3.8) is 0 Å². The van der Waals surface area contributed by atoms with Crippen LogP contribution in [-0.4, -0.2) is 19.0 Å². The predicted molar refractivity (Wildman–Crippen MR) is 127 cm³/mol. The van der Waals surface area contributed by atoms with E-state index in [9.17, 15) is 0 Å². The zero-order valence-electron chi connectivity index (χ0n) is 21.8. The Kier molecular flexibility index (Phi) is 16.0. The molecule has 2 nitrogen and oxygen atoms in total. The van der Waals surface area contributed by atoms with Crippen LogP contribution in [0.15, 0.2) is 0 Å². The van der Waals surface area contributed by atoms with E-state index < -0.39 is 0 Å². The van der Waals surface area contributed by atoms with E-state index in [4.69, 9.17) is 9.47 Å². The largest absolute Gasteiger partial charge is 0.350 e. The van der Waals surface area contributed by atoms with E-state index in [1.165, 1.54) is 38.5 Å². The summed E-state index contributed by atoms with van der Waals surface area (Å²) in [6.45, 7) is 28.1. The lowest BCUT2D eigenvalue weighted by Gasteiger charge is -2.40. The Morgan fingerprint density at radius 3 is 1.68 bits per heavy atom. The van der Waals surface area contributed by atoms with Crippen LogP contribution in [-0.2, 0) is 9.47 Å². The van der Waals surface area contributed by atoms with Crippen molar-refractivity contribution in [2.24, 2.45) is 22.7 Å². The van der Waals surface area contributed by atoms with Gasteiger partial charge in [-0.2, -0.15) is 0 Å². The molecule has 0 aliphatic carbocycles. The fourth-order valence-electron chi connectivity index (χ4n) is 2.98. The Hall–Kier alpha value is -0.0800. The van der Waals surface area contributed by atoms with Crippen molar-refractivity contribution >= 4 is 0 Å². The van der Waals surface area contributed by atoms with Gasteiger partial charge in [0.1, 0.15) is 0 Å². The second-order valence-electron chi connectivity index (χ2n) is 11.1. The molecule has 0 spiro atoms. The van der Waals surface area contributed by atoms with Crippen LogP contribution >= 0.6 is 0 Å². The first-order chi connectivity index (χ1) is 12.8. The molecule has 1 atom stereocenters. The minimum atomic E-state index is -0.324. The van der Waals surface area contributed by atoms with Gasteiger partial charge in [0.05, 0.1) is 13.2 Å². The fourth-order valence-corrected chi connectivity index (χ4v) is 2.98. The molecular weight excluding hydrogens is 344 g/mol. The van der Waals surface area contributed by atoms with Crippen molar-refractivity contribution in [1.29, 1.82) is 0 Å². The summed E-state index contributed by atoms with van der Waals surface area (Å²) in [4.78, 5) is 0. The first kappa shape index (κ1) is 30.1. The second kappa shape index (κ2) is 14.8. The summed E-state index contributed by atoms with van der Waals surface area (Å²) in [5, 5.41) is 0. The van der Waals surface area contributed by atoms with Gasteiger partial charge in [-0.15, -0.1) is 0 Å². The van der Waals surface area contributed by atoms with Gasteiger partial charge in [-0.1, -0.05) is 108 Å². The highest BCUT2D eigenvalue weighted by Crippen LogP contribution is 2.30. The summed E-state index contributed by atoms with van der Waals surface area (Å²) < 4.78 is 11.2. The highest BCUT2D eigenvalue weighted by molar-refractivity contribution is 4.76. The maximum absolute atomic E-state index is 5.61. The Labute approximate surface area is 179 Å². The van der Waals surface area contributed by atoms with Crippen molar-refractivity contribution in [2.45, 2.75) is 134 Å².